The summed E-state index contributed by atoms with van der Waals surface area (Å²) in [4.78, 5) is 0. The van der Waals surface area contributed by atoms with Crippen LogP contribution in [0.3, 0.4) is 0 Å². The van der Waals surface area contributed by atoms with Crippen LogP contribution < -0.4 is 0 Å². The van der Waals surface area contributed by atoms with Crippen LogP contribution in [0.25, 0.3) is 0 Å². The maximum atomic E-state index is 5.51. The normalized spacial score (nSPS) is 12.0. The molecule has 0 unspecified atom stereocenters. The average molecular weight is 236 g/mol. The SMILES string of the molecule is CCCCCCOC[Si](OC)(OC)OC. The molecule has 0 aromatic heterocycles. The van der Waals surface area contributed by atoms with Gasteiger partial charge in [0.1, 0.15) is 6.23 Å². The zero-order chi connectivity index (χ0) is 11.6. The number of unbranched alkanes of at least 4 members (excludes halogenated alkanes) is 3. The molecule has 0 aliphatic rings. The van der Waals surface area contributed by atoms with E-state index >= 15 is 0 Å². The molecular weight excluding hydrogens is 212 g/mol. The summed E-state index contributed by atoms with van der Waals surface area (Å²) in [6.07, 6.45) is 5.26. The van der Waals surface area contributed by atoms with E-state index in [0.717, 1.165) is 13.0 Å². The Hall–Kier alpha value is 0.0569. The van der Waals surface area contributed by atoms with Crippen LogP contribution in [0.1, 0.15) is 32.6 Å². The molecule has 4 nitrogen and oxygen atoms in total. The fourth-order valence-electron chi connectivity index (χ4n) is 1.25. The van der Waals surface area contributed by atoms with E-state index in [9.17, 15) is 0 Å². The van der Waals surface area contributed by atoms with Crippen LogP contribution in [0.5, 0.6) is 0 Å². The molecule has 0 aromatic carbocycles. The lowest BCUT2D eigenvalue weighted by molar-refractivity contribution is 0.0623. The Bertz CT molecular complexity index is 131. The zero-order valence-electron chi connectivity index (χ0n) is 10.4. The third-order valence-corrected chi connectivity index (χ3v) is 4.78. The molecular formula is C10H24O4Si. The van der Waals surface area contributed by atoms with Crippen molar-refractivity contribution in [1.82, 2.24) is 0 Å². The predicted octanol–water partition coefficient (Wildman–Crippen LogP) is 2.00. The van der Waals surface area contributed by atoms with Crippen molar-refractivity contribution in [3.63, 3.8) is 0 Å². The fraction of sp³-hybridized carbons (Fsp3) is 1.00. The molecule has 0 saturated heterocycles. The smallest absolute Gasteiger partial charge is 0.377 e. The minimum Gasteiger partial charge on any atom is -0.377 e. The van der Waals surface area contributed by atoms with Gasteiger partial charge in [0.05, 0.1) is 0 Å². The Kier molecular flexibility index (Phi) is 9.33. The van der Waals surface area contributed by atoms with Crippen molar-refractivity contribution in [2.24, 2.45) is 0 Å². The van der Waals surface area contributed by atoms with Gasteiger partial charge in [0.15, 0.2) is 0 Å². The maximum Gasteiger partial charge on any atom is 0.527 e. The maximum absolute atomic E-state index is 5.51. The first-order valence-electron chi connectivity index (χ1n) is 5.48. The quantitative estimate of drug-likeness (QED) is 0.429. The molecule has 0 aliphatic carbocycles. The zero-order valence-corrected chi connectivity index (χ0v) is 11.4. The van der Waals surface area contributed by atoms with Gasteiger partial charge in [-0.2, -0.15) is 0 Å². The van der Waals surface area contributed by atoms with Crippen LogP contribution in [-0.2, 0) is 18.0 Å². The monoisotopic (exact) mass is 236 g/mol. The lowest BCUT2D eigenvalue weighted by atomic mass is 10.2. The van der Waals surface area contributed by atoms with Crippen molar-refractivity contribution in [2.45, 2.75) is 32.6 Å². The van der Waals surface area contributed by atoms with Crippen molar-refractivity contribution >= 4 is 8.80 Å². The van der Waals surface area contributed by atoms with E-state index < -0.39 is 8.80 Å². The summed E-state index contributed by atoms with van der Waals surface area (Å²) < 4.78 is 21.2. The summed E-state index contributed by atoms with van der Waals surface area (Å²) in [5, 5.41) is 0. The van der Waals surface area contributed by atoms with Crippen molar-refractivity contribution < 1.29 is 18.0 Å². The minimum atomic E-state index is -2.51. The first kappa shape index (κ1) is 15.1. The van der Waals surface area contributed by atoms with Crippen LogP contribution in [0.15, 0.2) is 0 Å². The molecule has 0 aliphatic heterocycles. The Labute approximate surface area is 94.2 Å². The van der Waals surface area contributed by atoms with Crippen LogP contribution in [0.4, 0.5) is 0 Å². The number of rotatable bonds is 10. The van der Waals surface area contributed by atoms with Crippen molar-refractivity contribution in [3.8, 4) is 0 Å². The lowest BCUT2D eigenvalue weighted by Gasteiger charge is -2.23. The molecule has 5 heteroatoms. The van der Waals surface area contributed by atoms with E-state index in [-0.39, 0.29) is 0 Å². The van der Waals surface area contributed by atoms with E-state index in [1.165, 1.54) is 19.3 Å². The summed E-state index contributed by atoms with van der Waals surface area (Å²) in [6, 6.07) is 0. The first-order valence-corrected chi connectivity index (χ1v) is 7.41. The molecule has 0 saturated carbocycles. The molecule has 0 rings (SSSR count). The third kappa shape index (κ3) is 6.27. The van der Waals surface area contributed by atoms with Gasteiger partial charge in [-0.1, -0.05) is 26.2 Å². The summed E-state index contributed by atoms with van der Waals surface area (Å²) in [7, 11) is 2.28. The van der Waals surface area contributed by atoms with Gasteiger partial charge in [0.25, 0.3) is 0 Å². The molecule has 0 amide bonds. The molecule has 0 heterocycles. The second-order valence-corrected chi connectivity index (χ2v) is 6.29. The van der Waals surface area contributed by atoms with E-state index in [0.29, 0.717) is 6.23 Å². The van der Waals surface area contributed by atoms with Crippen molar-refractivity contribution in [1.29, 1.82) is 0 Å². The van der Waals surface area contributed by atoms with Gasteiger partial charge in [-0.05, 0) is 6.42 Å². The van der Waals surface area contributed by atoms with E-state index in [1.807, 2.05) is 0 Å². The molecule has 0 fully saturated rings. The third-order valence-electron chi connectivity index (χ3n) is 2.35. The van der Waals surface area contributed by atoms with E-state index in [1.54, 1.807) is 21.3 Å². The Balaban J connectivity index is 3.54. The van der Waals surface area contributed by atoms with Gasteiger partial charge in [-0.3, -0.25) is 0 Å². The van der Waals surface area contributed by atoms with Gasteiger partial charge in [-0.15, -0.1) is 0 Å². The second kappa shape index (κ2) is 9.29. The van der Waals surface area contributed by atoms with E-state index in [2.05, 4.69) is 6.92 Å². The summed E-state index contributed by atoms with van der Waals surface area (Å²) in [5.74, 6) is 0. The van der Waals surface area contributed by atoms with Crippen molar-refractivity contribution in [2.75, 3.05) is 34.2 Å². The van der Waals surface area contributed by atoms with Crippen LogP contribution in [-0.4, -0.2) is 43.0 Å². The first-order chi connectivity index (χ1) is 7.24. The van der Waals surface area contributed by atoms with Crippen LogP contribution in [0.2, 0.25) is 0 Å². The highest BCUT2D eigenvalue weighted by molar-refractivity contribution is 6.60. The van der Waals surface area contributed by atoms with Gasteiger partial charge in [-0.25, -0.2) is 0 Å². The predicted molar refractivity (Wildman–Crippen MR) is 61.7 cm³/mol. The molecule has 0 bridgehead atoms. The van der Waals surface area contributed by atoms with Crippen LogP contribution >= 0.6 is 0 Å². The Morgan fingerprint density at radius 3 is 1.93 bits per heavy atom. The van der Waals surface area contributed by atoms with Gasteiger partial charge < -0.3 is 18.0 Å². The molecule has 0 N–H and O–H groups in total. The standard InChI is InChI=1S/C10H24O4Si/c1-5-6-7-8-9-14-10-15(11-2,12-3)13-4/h5-10H2,1-4H3. The summed E-state index contributed by atoms with van der Waals surface area (Å²) >= 11 is 0. The molecule has 92 valence electrons. The largest absolute Gasteiger partial charge is 0.527 e. The summed E-state index contributed by atoms with van der Waals surface area (Å²) in [5.41, 5.74) is 0. The number of hydrogen-bond donors (Lipinski definition) is 0. The van der Waals surface area contributed by atoms with Gasteiger partial charge in [0.2, 0.25) is 0 Å². The highest BCUT2D eigenvalue weighted by Crippen LogP contribution is 2.07. The second-order valence-electron chi connectivity index (χ2n) is 3.41. The van der Waals surface area contributed by atoms with Gasteiger partial charge in [0, 0.05) is 27.9 Å². The Morgan fingerprint density at radius 2 is 1.47 bits per heavy atom. The highest BCUT2D eigenvalue weighted by Gasteiger charge is 2.38. The van der Waals surface area contributed by atoms with Crippen LogP contribution in [0, 0.1) is 0 Å². The molecule has 0 spiro atoms. The highest BCUT2D eigenvalue weighted by atomic mass is 28.4. The van der Waals surface area contributed by atoms with E-state index in [4.69, 9.17) is 18.0 Å². The average Bonchev–Trinajstić information content (AvgIpc) is 2.29. The molecule has 0 aromatic rings. The number of hydrogen-bond acceptors (Lipinski definition) is 4. The molecule has 15 heavy (non-hydrogen) atoms. The lowest BCUT2D eigenvalue weighted by Crippen LogP contribution is -2.48. The van der Waals surface area contributed by atoms with Crippen molar-refractivity contribution in [3.05, 3.63) is 0 Å². The Morgan fingerprint density at radius 1 is 0.867 bits per heavy atom. The molecule has 0 atom stereocenters. The van der Waals surface area contributed by atoms with Gasteiger partial charge >= 0.3 is 8.80 Å². The fourth-order valence-corrected chi connectivity index (χ4v) is 2.50. The number of ether oxygens (including phenoxy) is 1. The minimum absolute atomic E-state index is 0.433. The topological polar surface area (TPSA) is 36.9 Å². The molecule has 0 radical (unpaired) electrons. The summed E-state index contributed by atoms with van der Waals surface area (Å²) in [6.45, 7) is 2.95.